The van der Waals surface area contributed by atoms with Gasteiger partial charge in [0.05, 0.1) is 11.4 Å². The molecule has 1 aromatic carbocycles. The summed E-state index contributed by atoms with van der Waals surface area (Å²) >= 11 is 1.45. The van der Waals surface area contributed by atoms with Crippen LogP contribution in [0.25, 0.3) is 10.6 Å². The lowest BCUT2D eigenvalue weighted by molar-refractivity contribution is -0.119. The topological polar surface area (TPSA) is 102 Å². The summed E-state index contributed by atoms with van der Waals surface area (Å²) < 4.78 is 0. The van der Waals surface area contributed by atoms with Crippen molar-refractivity contribution in [1.82, 2.24) is 20.2 Å². The standard InChI is InChI=1S/C30H39N7O2S/c1-20(2)36-14-8-24(9-15-36)33-25-4-5-28(37-16-10-23(11-17-37)32-21(3)38)26(18-25)34-29(39)27-19-40-30(35-27)22-6-12-31-13-7-22/h4-7,12-13,18-20,23-24,33H,8-11,14-17H2,1-3H3,(H,32,38)(H,34,39). The molecule has 0 saturated carbocycles. The fourth-order valence-corrected chi connectivity index (χ4v) is 6.35. The third kappa shape index (κ3) is 6.98. The van der Waals surface area contributed by atoms with E-state index in [1.807, 2.05) is 12.1 Å². The largest absolute Gasteiger partial charge is 0.382 e. The number of carbonyl (C=O) groups excluding carboxylic acids is 2. The van der Waals surface area contributed by atoms with E-state index in [0.29, 0.717) is 17.8 Å². The van der Waals surface area contributed by atoms with Gasteiger partial charge in [-0.05, 0) is 69.9 Å². The number of rotatable bonds is 8. The number of benzene rings is 1. The number of nitrogens with zero attached hydrogens (tertiary/aromatic N) is 4. The second-order valence-corrected chi connectivity index (χ2v) is 11.8. The van der Waals surface area contributed by atoms with Gasteiger partial charge in [-0.1, -0.05) is 0 Å². The predicted molar refractivity (Wildman–Crippen MR) is 162 cm³/mol. The zero-order valence-corrected chi connectivity index (χ0v) is 24.3. The van der Waals surface area contributed by atoms with Crippen molar-refractivity contribution in [3.63, 3.8) is 0 Å². The molecule has 2 amide bonds. The van der Waals surface area contributed by atoms with Gasteiger partial charge in [0.1, 0.15) is 10.7 Å². The highest BCUT2D eigenvalue weighted by atomic mass is 32.1. The first-order chi connectivity index (χ1) is 19.4. The van der Waals surface area contributed by atoms with Crippen LogP contribution in [0, 0.1) is 0 Å². The van der Waals surface area contributed by atoms with Crippen molar-refractivity contribution in [2.45, 2.75) is 64.6 Å². The van der Waals surface area contributed by atoms with Gasteiger partial charge in [-0.25, -0.2) is 4.98 Å². The minimum Gasteiger partial charge on any atom is -0.382 e. The van der Waals surface area contributed by atoms with E-state index >= 15 is 0 Å². The molecule has 2 fully saturated rings. The number of anilines is 3. The van der Waals surface area contributed by atoms with E-state index in [4.69, 9.17) is 0 Å². The number of likely N-dealkylation sites (tertiary alicyclic amines) is 1. The summed E-state index contributed by atoms with van der Waals surface area (Å²) in [6.07, 6.45) is 7.36. The molecule has 212 valence electrons. The molecule has 2 aromatic heterocycles. The van der Waals surface area contributed by atoms with Crippen LogP contribution in [-0.4, -0.2) is 71.0 Å². The monoisotopic (exact) mass is 561 g/mol. The highest BCUT2D eigenvalue weighted by molar-refractivity contribution is 7.13. The lowest BCUT2D eigenvalue weighted by Crippen LogP contribution is -2.44. The van der Waals surface area contributed by atoms with Gasteiger partial charge in [0.25, 0.3) is 5.91 Å². The number of hydrogen-bond donors (Lipinski definition) is 3. The van der Waals surface area contributed by atoms with Gasteiger partial charge in [0.2, 0.25) is 5.91 Å². The molecule has 0 atom stereocenters. The maximum Gasteiger partial charge on any atom is 0.275 e. The molecule has 2 saturated heterocycles. The van der Waals surface area contributed by atoms with Crippen LogP contribution in [0.4, 0.5) is 17.1 Å². The Balaban J connectivity index is 1.33. The van der Waals surface area contributed by atoms with Gasteiger partial charge in [-0.2, -0.15) is 0 Å². The Labute approximate surface area is 240 Å². The molecule has 0 aliphatic carbocycles. The summed E-state index contributed by atoms with van der Waals surface area (Å²) in [4.78, 5) is 38.4. The molecule has 10 heteroatoms. The molecule has 2 aliphatic heterocycles. The summed E-state index contributed by atoms with van der Waals surface area (Å²) in [5, 5.41) is 12.5. The van der Waals surface area contributed by atoms with Crippen LogP contribution < -0.4 is 20.9 Å². The Morgan fingerprint density at radius 3 is 2.35 bits per heavy atom. The minimum atomic E-state index is -0.228. The van der Waals surface area contributed by atoms with Crippen molar-refractivity contribution < 1.29 is 9.59 Å². The van der Waals surface area contributed by atoms with E-state index in [2.05, 4.69) is 67.8 Å². The lowest BCUT2D eigenvalue weighted by atomic mass is 10.0. The summed E-state index contributed by atoms with van der Waals surface area (Å²) in [5.74, 6) is -0.219. The van der Waals surface area contributed by atoms with Crippen LogP contribution in [0.15, 0.2) is 48.1 Å². The summed E-state index contributed by atoms with van der Waals surface area (Å²) in [5.41, 5.74) is 4.10. The molecule has 0 unspecified atom stereocenters. The van der Waals surface area contributed by atoms with Gasteiger partial charge < -0.3 is 25.8 Å². The molecule has 5 rings (SSSR count). The van der Waals surface area contributed by atoms with Crippen LogP contribution in [0.3, 0.4) is 0 Å². The molecule has 9 nitrogen and oxygen atoms in total. The Kier molecular flexibility index (Phi) is 8.96. The van der Waals surface area contributed by atoms with Crippen molar-refractivity contribution in [1.29, 1.82) is 0 Å². The molecular weight excluding hydrogens is 522 g/mol. The minimum absolute atomic E-state index is 0.00968. The highest BCUT2D eigenvalue weighted by Crippen LogP contribution is 2.33. The Morgan fingerprint density at radius 1 is 0.975 bits per heavy atom. The number of amides is 2. The normalized spacial score (nSPS) is 17.1. The molecular formula is C30H39N7O2S. The second-order valence-electron chi connectivity index (χ2n) is 11.0. The van der Waals surface area contributed by atoms with Gasteiger partial charge in [0.15, 0.2) is 0 Å². The molecule has 0 bridgehead atoms. The molecule has 3 N–H and O–H groups in total. The van der Waals surface area contributed by atoms with Gasteiger partial charge >= 0.3 is 0 Å². The number of pyridine rings is 1. The Morgan fingerprint density at radius 2 is 1.68 bits per heavy atom. The van der Waals surface area contributed by atoms with Crippen molar-refractivity contribution in [2.24, 2.45) is 0 Å². The van der Waals surface area contributed by atoms with Crippen LogP contribution in [0.2, 0.25) is 0 Å². The highest BCUT2D eigenvalue weighted by Gasteiger charge is 2.24. The van der Waals surface area contributed by atoms with E-state index in [-0.39, 0.29) is 17.9 Å². The summed E-state index contributed by atoms with van der Waals surface area (Å²) in [6.45, 7) is 9.85. The van der Waals surface area contributed by atoms with Crippen molar-refractivity contribution in [3.05, 3.63) is 53.8 Å². The molecule has 4 heterocycles. The van der Waals surface area contributed by atoms with E-state index in [1.165, 1.54) is 11.3 Å². The average Bonchev–Trinajstić information content (AvgIpc) is 3.45. The van der Waals surface area contributed by atoms with E-state index in [0.717, 1.165) is 79.5 Å². The first kappa shape index (κ1) is 28.0. The van der Waals surface area contributed by atoms with Crippen LogP contribution in [-0.2, 0) is 4.79 Å². The average molecular weight is 562 g/mol. The Bertz CT molecular complexity index is 1300. The van der Waals surface area contributed by atoms with Gasteiger partial charge in [-0.3, -0.25) is 14.6 Å². The maximum absolute atomic E-state index is 13.4. The van der Waals surface area contributed by atoms with E-state index in [9.17, 15) is 9.59 Å². The smallest absolute Gasteiger partial charge is 0.275 e. The van der Waals surface area contributed by atoms with Crippen molar-refractivity contribution in [2.75, 3.05) is 41.7 Å². The molecule has 3 aromatic rings. The fourth-order valence-electron chi connectivity index (χ4n) is 5.54. The summed E-state index contributed by atoms with van der Waals surface area (Å²) in [7, 11) is 0. The molecule has 2 aliphatic rings. The second kappa shape index (κ2) is 12.8. The number of aromatic nitrogens is 2. The van der Waals surface area contributed by atoms with Crippen LogP contribution in [0.1, 0.15) is 56.9 Å². The van der Waals surface area contributed by atoms with E-state index < -0.39 is 0 Å². The molecule has 0 spiro atoms. The number of carbonyl (C=O) groups is 2. The van der Waals surface area contributed by atoms with Crippen molar-refractivity contribution in [3.8, 4) is 10.6 Å². The lowest BCUT2D eigenvalue weighted by Gasteiger charge is -2.36. The quantitative estimate of drug-likeness (QED) is 0.361. The third-order valence-corrected chi connectivity index (χ3v) is 8.67. The Hall–Kier alpha value is -3.50. The first-order valence-corrected chi connectivity index (χ1v) is 15.1. The SMILES string of the molecule is CC(=O)NC1CCN(c2ccc(NC3CCN(C(C)C)CC3)cc2NC(=O)c2csc(-c3ccncc3)n2)CC1. The summed E-state index contributed by atoms with van der Waals surface area (Å²) in [6, 6.07) is 11.2. The fraction of sp³-hybridized carbons (Fsp3) is 0.467. The van der Waals surface area contributed by atoms with Crippen LogP contribution in [0.5, 0.6) is 0 Å². The molecule has 0 radical (unpaired) electrons. The number of hydrogen-bond acceptors (Lipinski definition) is 8. The van der Waals surface area contributed by atoms with Gasteiger partial charge in [-0.15, -0.1) is 11.3 Å². The number of nitrogens with one attached hydrogen (secondary N) is 3. The van der Waals surface area contributed by atoms with E-state index in [1.54, 1.807) is 24.7 Å². The third-order valence-electron chi connectivity index (χ3n) is 7.78. The molecule has 40 heavy (non-hydrogen) atoms. The predicted octanol–water partition coefficient (Wildman–Crippen LogP) is 4.85. The zero-order chi connectivity index (χ0) is 28.1. The van der Waals surface area contributed by atoms with Crippen molar-refractivity contribution >= 4 is 40.2 Å². The zero-order valence-electron chi connectivity index (χ0n) is 23.5. The van der Waals surface area contributed by atoms with Crippen LogP contribution >= 0.6 is 11.3 Å². The number of thiazole rings is 1. The number of piperidine rings is 2. The van der Waals surface area contributed by atoms with Gasteiger partial charge in [0, 0.05) is 80.3 Å². The first-order valence-electron chi connectivity index (χ1n) is 14.2. The maximum atomic E-state index is 13.4.